The second-order valence-electron chi connectivity index (χ2n) is 5.90. The number of nitrogens with two attached hydrogens (primary N) is 1. The molecule has 6 nitrogen and oxygen atoms in total. The zero-order valence-electron chi connectivity index (χ0n) is 12.3. The fraction of sp³-hybridized carbons (Fsp3) is 1.00. The highest BCUT2D eigenvalue weighted by Gasteiger charge is 2.35. The van der Waals surface area contributed by atoms with E-state index in [1.54, 1.807) is 4.31 Å². The summed E-state index contributed by atoms with van der Waals surface area (Å²) in [7, 11) is -3.14. The second-order valence-corrected chi connectivity index (χ2v) is 8.11. The molecule has 0 bridgehead atoms. The fourth-order valence-corrected chi connectivity index (χ4v) is 4.75. The van der Waals surface area contributed by atoms with Crippen molar-refractivity contribution in [2.24, 2.45) is 11.7 Å². The number of sulfonamides is 1. The number of nitrogens with zero attached hydrogens (tertiary/aromatic N) is 2. The van der Waals surface area contributed by atoms with E-state index in [4.69, 9.17) is 10.5 Å². The van der Waals surface area contributed by atoms with E-state index in [1.807, 2.05) is 0 Å². The Hall–Kier alpha value is -0.210. The van der Waals surface area contributed by atoms with Crippen molar-refractivity contribution in [1.82, 2.24) is 9.21 Å². The normalized spacial score (nSPS) is 25.7. The predicted molar refractivity (Wildman–Crippen MR) is 79.0 cm³/mol. The molecule has 0 aromatic heterocycles. The summed E-state index contributed by atoms with van der Waals surface area (Å²) in [5.41, 5.74) is 5.64. The van der Waals surface area contributed by atoms with E-state index in [1.165, 1.54) is 0 Å². The number of ether oxygens (including phenoxy) is 1. The molecule has 2 rings (SSSR count). The van der Waals surface area contributed by atoms with Crippen LogP contribution in [0.4, 0.5) is 0 Å². The van der Waals surface area contributed by atoms with E-state index in [0.29, 0.717) is 51.6 Å². The van der Waals surface area contributed by atoms with E-state index < -0.39 is 10.0 Å². The first-order valence-corrected chi connectivity index (χ1v) is 9.03. The number of piperazine rings is 1. The van der Waals surface area contributed by atoms with E-state index in [9.17, 15) is 8.42 Å². The summed E-state index contributed by atoms with van der Waals surface area (Å²) >= 11 is 0. The molecule has 2 fully saturated rings. The van der Waals surface area contributed by atoms with Crippen LogP contribution in [0.25, 0.3) is 0 Å². The van der Waals surface area contributed by atoms with Gasteiger partial charge >= 0.3 is 0 Å². The van der Waals surface area contributed by atoms with Crippen molar-refractivity contribution in [1.29, 1.82) is 0 Å². The van der Waals surface area contributed by atoms with Crippen LogP contribution in [0.2, 0.25) is 0 Å². The minimum Gasteiger partial charge on any atom is -0.381 e. The maximum atomic E-state index is 12.6. The predicted octanol–water partition coefficient (Wildman–Crippen LogP) is -0.292. The summed E-state index contributed by atoms with van der Waals surface area (Å²) in [6, 6.07) is 0. The Morgan fingerprint density at radius 1 is 1.20 bits per heavy atom. The van der Waals surface area contributed by atoms with Gasteiger partial charge < -0.3 is 15.4 Å². The lowest BCUT2D eigenvalue weighted by molar-refractivity contribution is 0.0960. The van der Waals surface area contributed by atoms with Crippen LogP contribution in [0.3, 0.4) is 0 Å². The standard InChI is InChI=1S/C13H27N3O3S/c1-12(10-14)11-15-4-6-16(7-5-15)20(17,18)13-2-8-19-9-3-13/h12-13H,2-11,14H2,1H3. The van der Waals surface area contributed by atoms with Gasteiger partial charge in [0.25, 0.3) is 0 Å². The van der Waals surface area contributed by atoms with Crippen LogP contribution < -0.4 is 5.73 Å². The van der Waals surface area contributed by atoms with E-state index in [0.717, 1.165) is 19.6 Å². The van der Waals surface area contributed by atoms with Crippen LogP contribution in [0.5, 0.6) is 0 Å². The van der Waals surface area contributed by atoms with Gasteiger partial charge in [0.15, 0.2) is 0 Å². The first kappa shape index (κ1) is 16.2. The maximum Gasteiger partial charge on any atom is 0.217 e. The highest BCUT2D eigenvalue weighted by Crippen LogP contribution is 2.21. The van der Waals surface area contributed by atoms with Gasteiger partial charge in [0.1, 0.15) is 0 Å². The summed E-state index contributed by atoms with van der Waals surface area (Å²) in [6.45, 7) is 7.75. The molecule has 0 amide bonds. The first-order chi connectivity index (χ1) is 9.54. The molecule has 0 aromatic carbocycles. The minimum absolute atomic E-state index is 0.245. The molecule has 2 aliphatic rings. The molecule has 0 spiro atoms. The molecule has 0 aromatic rings. The molecule has 2 heterocycles. The molecule has 7 heteroatoms. The third-order valence-electron chi connectivity index (χ3n) is 4.25. The van der Waals surface area contributed by atoms with Gasteiger partial charge in [-0.05, 0) is 25.3 Å². The lowest BCUT2D eigenvalue weighted by atomic mass is 10.1. The lowest BCUT2D eigenvalue weighted by Gasteiger charge is -2.37. The molecular weight excluding hydrogens is 278 g/mol. The zero-order valence-corrected chi connectivity index (χ0v) is 13.1. The molecule has 1 unspecified atom stereocenters. The van der Waals surface area contributed by atoms with Crippen LogP contribution in [0, 0.1) is 5.92 Å². The van der Waals surface area contributed by atoms with Crippen LogP contribution in [-0.4, -0.2) is 75.4 Å². The van der Waals surface area contributed by atoms with Crippen LogP contribution in [0.1, 0.15) is 19.8 Å². The van der Waals surface area contributed by atoms with Gasteiger partial charge in [0, 0.05) is 45.9 Å². The molecule has 0 radical (unpaired) electrons. The molecule has 0 saturated carbocycles. The number of hydrogen-bond donors (Lipinski definition) is 1. The molecule has 0 aliphatic carbocycles. The van der Waals surface area contributed by atoms with Gasteiger partial charge in [0.05, 0.1) is 5.25 Å². The fourth-order valence-electron chi connectivity index (χ4n) is 2.87. The highest BCUT2D eigenvalue weighted by atomic mass is 32.2. The molecule has 2 aliphatic heterocycles. The SMILES string of the molecule is CC(CN)CN1CCN(S(=O)(=O)C2CCOCC2)CC1. The Bertz CT molecular complexity index is 388. The largest absolute Gasteiger partial charge is 0.381 e. The summed E-state index contributed by atoms with van der Waals surface area (Å²) in [4.78, 5) is 2.31. The molecule has 20 heavy (non-hydrogen) atoms. The van der Waals surface area contributed by atoms with Crippen LogP contribution in [0.15, 0.2) is 0 Å². The van der Waals surface area contributed by atoms with Crippen molar-refractivity contribution in [2.75, 3.05) is 52.5 Å². The zero-order chi connectivity index (χ0) is 14.6. The van der Waals surface area contributed by atoms with E-state index in [2.05, 4.69) is 11.8 Å². The van der Waals surface area contributed by atoms with Gasteiger partial charge in [-0.2, -0.15) is 4.31 Å². The highest BCUT2D eigenvalue weighted by molar-refractivity contribution is 7.89. The monoisotopic (exact) mass is 305 g/mol. The van der Waals surface area contributed by atoms with Crippen molar-refractivity contribution in [3.8, 4) is 0 Å². The first-order valence-electron chi connectivity index (χ1n) is 7.53. The van der Waals surface area contributed by atoms with Gasteiger partial charge in [-0.25, -0.2) is 8.42 Å². The van der Waals surface area contributed by atoms with Crippen LogP contribution in [-0.2, 0) is 14.8 Å². The molecule has 118 valence electrons. The summed E-state index contributed by atoms with van der Waals surface area (Å²) in [5.74, 6) is 0.466. The minimum atomic E-state index is -3.14. The average Bonchev–Trinajstić information content (AvgIpc) is 2.48. The summed E-state index contributed by atoms with van der Waals surface area (Å²) < 4.78 is 32.0. The maximum absolute atomic E-state index is 12.6. The second kappa shape index (κ2) is 7.17. The van der Waals surface area contributed by atoms with Crippen molar-refractivity contribution < 1.29 is 13.2 Å². The van der Waals surface area contributed by atoms with Gasteiger partial charge in [-0.1, -0.05) is 6.92 Å². The quantitative estimate of drug-likeness (QED) is 0.755. The van der Waals surface area contributed by atoms with Gasteiger partial charge in [-0.3, -0.25) is 0 Å². The Morgan fingerprint density at radius 2 is 1.80 bits per heavy atom. The number of rotatable bonds is 5. The molecular formula is C13H27N3O3S. The smallest absolute Gasteiger partial charge is 0.217 e. The summed E-state index contributed by atoms with van der Waals surface area (Å²) in [6.07, 6.45) is 1.26. The third-order valence-corrected chi connectivity index (χ3v) is 6.65. The van der Waals surface area contributed by atoms with Crippen molar-refractivity contribution in [3.63, 3.8) is 0 Å². The molecule has 2 N–H and O–H groups in total. The molecule has 1 atom stereocenters. The van der Waals surface area contributed by atoms with Crippen molar-refractivity contribution in [3.05, 3.63) is 0 Å². The lowest BCUT2D eigenvalue weighted by Crippen LogP contribution is -2.52. The third kappa shape index (κ3) is 3.92. The van der Waals surface area contributed by atoms with Gasteiger partial charge in [0.2, 0.25) is 10.0 Å². The van der Waals surface area contributed by atoms with E-state index in [-0.39, 0.29) is 5.25 Å². The van der Waals surface area contributed by atoms with Crippen molar-refractivity contribution in [2.45, 2.75) is 25.0 Å². The molecule has 2 saturated heterocycles. The Labute approximate surface area is 122 Å². The van der Waals surface area contributed by atoms with Crippen molar-refractivity contribution >= 4 is 10.0 Å². The number of hydrogen-bond acceptors (Lipinski definition) is 5. The van der Waals surface area contributed by atoms with E-state index >= 15 is 0 Å². The van der Waals surface area contributed by atoms with Gasteiger partial charge in [-0.15, -0.1) is 0 Å². The topological polar surface area (TPSA) is 75.9 Å². The van der Waals surface area contributed by atoms with Crippen LogP contribution >= 0.6 is 0 Å². The summed E-state index contributed by atoms with van der Waals surface area (Å²) in [5, 5.41) is -0.245. The average molecular weight is 305 g/mol. The Kier molecular flexibility index (Phi) is 5.80. The Balaban J connectivity index is 1.86. The Morgan fingerprint density at radius 3 is 2.35 bits per heavy atom.